The van der Waals surface area contributed by atoms with E-state index < -0.39 is 11.5 Å². The van der Waals surface area contributed by atoms with Crippen LogP contribution in [0.4, 0.5) is 5.69 Å². The lowest BCUT2D eigenvalue weighted by molar-refractivity contribution is 0.0948. The van der Waals surface area contributed by atoms with Crippen LogP contribution >= 0.6 is 0 Å². The molecule has 1 fully saturated rings. The number of nitrogens with one attached hydrogen (secondary N) is 2. The fourth-order valence-electron chi connectivity index (χ4n) is 3.76. The van der Waals surface area contributed by atoms with Crippen LogP contribution in [0.2, 0.25) is 0 Å². The summed E-state index contributed by atoms with van der Waals surface area (Å²) < 4.78 is 1.29. The predicted octanol–water partition coefficient (Wildman–Crippen LogP) is 2.50. The summed E-state index contributed by atoms with van der Waals surface area (Å²) in [6.07, 6.45) is 3.86. The third-order valence-electron chi connectivity index (χ3n) is 5.28. The van der Waals surface area contributed by atoms with Crippen LogP contribution in [-0.4, -0.2) is 33.6 Å². The van der Waals surface area contributed by atoms with E-state index in [9.17, 15) is 9.59 Å². The average molecular weight is 379 g/mol. The number of carbonyl (C=O) groups is 1. The normalized spacial score (nSPS) is 17.1. The van der Waals surface area contributed by atoms with Gasteiger partial charge >= 0.3 is 0 Å². The van der Waals surface area contributed by atoms with Gasteiger partial charge in [-0.1, -0.05) is 19.1 Å². The van der Waals surface area contributed by atoms with Crippen LogP contribution in [-0.2, 0) is 6.54 Å². The van der Waals surface area contributed by atoms with Crippen LogP contribution in [0.15, 0.2) is 41.3 Å². The van der Waals surface area contributed by atoms with Crippen LogP contribution in [0.25, 0.3) is 5.65 Å². The largest absolute Gasteiger partial charge is 0.371 e. The first kappa shape index (κ1) is 18.3. The van der Waals surface area contributed by atoms with Crippen LogP contribution in [0.1, 0.15) is 41.4 Å². The van der Waals surface area contributed by atoms with Gasteiger partial charge in [-0.15, -0.1) is 0 Å². The van der Waals surface area contributed by atoms with Crippen molar-refractivity contribution in [3.05, 3.63) is 63.7 Å². The zero-order valence-electron chi connectivity index (χ0n) is 16.2. The standard InChI is InChI=1S/C21H25N5O2/c1-14-4-3-9-25(13-14)17-7-5-16(6-8-17)11-23-20(27)18-12-22-19-10-15(2)24-26(19)21(18)28/h5-8,10,12,14,24H,3-4,9,11,13H2,1-2H3,(H,23,27). The fraction of sp³-hybridized carbons (Fsp3) is 0.381. The molecule has 3 aromatic rings. The van der Waals surface area contributed by atoms with Crippen LogP contribution in [0.3, 0.4) is 0 Å². The summed E-state index contributed by atoms with van der Waals surface area (Å²) in [5.74, 6) is 0.300. The lowest BCUT2D eigenvalue weighted by Gasteiger charge is -2.32. The smallest absolute Gasteiger partial charge is 0.285 e. The van der Waals surface area contributed by atoms with E-state index in [0.717, 1.165) is 30.3 Å². The highest BCUT2D eigenvalue weighted by atomic mass is 16.2. The Balaban J connectivity index is 1.42. The second-order valence-corrected chi connectivity index (χ2v) is 7.65. The van der Waals surface area contributed by atoms with Gasteiger partial charge in [-0.25, -0.2) is 9.50 Å². The van der Waals surface area contributed by atoms with E-state index in [-0.39, 0.29) is 5.56 Å². The highest BCUT2D eigenvalue weighted by molar-refractivity contribution is 5.93. The van der Waals surface area contributed by atoms with Crippen LogP contribution < -0.4 is 15.8 Å². The highest BCUT2D eigenvalue weighted by Gasteiger charge is 2.17. The van der Waals surface area contributed by atoms with Crippen molar-refractivity contribution in [3.8, 4) is 0 Å². The Hall–Kier alpha value is -3.09. The maximum absolute atomic E-state index is 12.5. The molecule has 2 N–H and O–H groups in total. The summed E-state index contributed by atoms with van der Waals surface area (Å²) in [6, 6.07) is 10.0. The number of hydrogen-bond donors (Lipinski definition) is 2. The molecule has 0 bridgehead atoms. The number of fused-ring (bicyclic) bond motifs is 1. The number of H-pyrrole nitrogens is 1. The molecular formula is C21H25N5O2. The van der Waals surface area contributed by atoms with Crippen LogP contribution in [0.5, 0.6) is 0 Å². The van der Waals surface area contributed by atoms with Crippen molar-refractivity contribution < 1.29 is 4.79 Å². The maximum atomic E-state index is 12.5. The van der Waals surface area contributed by atoms with Crippen LogP contribution in [0, 0.1) is 12.8 Å². The summed E-state index contributed by atoms with van der Waals surface area (Å²) in [5.41, 5.74) is 3.15. The van der Waals surface area contributed by atoms with Crippen molar-refractivity contribution in [1.82, 2.24) is 19.9 Å². The molecule has 0 radical (unpaired) electrons. The number of piperidine rings is 1. The Kier molecular flexibility index (Phi) is 4.90. The van der Waals surface area contributed by atoms with E-state index in [0.29, 0.717) is 12.2 Å². The second kappa shape index (κ2) is 7.50. The Morgan fingerprint density at radius 3 is 2.86 bits per heavy atom. The first-order valence-electron chi connectivity index (χ1n) is 9.71. The number of aromatic amines is 1. The minimum Gasteiger partial charge on any atom is -0.371 e. The Morgan fingerprint density at radius 2 is 2.11 bits per heavy atom. The summed E-state index contributed by atoms with van der Waals surface area (Å²) >= 11 is 0. The fourth-order valence-corrected chi connectivity index (χ4v) is 3.76. The molecule has 1 aliphatic rings. The molecule has 1 saturated heterocycles. The van der Waals surface area contributed by atoms with Gasteiger partial charge in [-0.05, 0) is 43.4 Å². The molecule has 7 nitrogen and oxygen atoms in total. The molecule has 0 aliphatic carbocycles. The zero-order chi connectivity index (χ0) is 19.7. The van der Waals surface area contributed by atoms with E-state index >= 15 is 0 Å². The molecular weight excluding hydrogens is 354 g/mol. The number of anilines is 1. The van der Waals surface area contributed by atoms with Gasteiger partial charge in [-0.3, -0.25) is 14.7 Å². The molecule has 28 heavy (non-hydrogen) atoms. The molecule has 0 spiro atoms. The van der Waals surface area contributed by atoms with Crippen molar-refractivity contribution in [2.24, 2.45) is 5.92 Å². The molecule has 1 amide bonds. The Labute approximate surface area is 163 Å². The first-order chi connectivity index (χ1) is 13.5. The molecule has 4 rings (SSSR count). The molecule has 146 valence electrons. The van der Waals surface area contributed by atoms with Gasteiger partial charge in [0.05, 0.1) is 0 Å². The predicted molar refractivity (Wildman–Crippen MR) is 109 cm³/mol. The van der Waals surface area contributed by atoms with Crippen molar-refractivity contribution in [2.75, 3.05) is 18.0 Å². The van der Waals surface area contributed by atoms with Gasteiger partial charge in [-0.2, -0.15) is 0 Å². The van der Waals surface area contributed by atoms with E-state index in [1.165, 1.54) is 29.2 Å². The van der Waals surface area contributed by atoms with Gasteiger partial charge in [0.25, 0.3) is 11.5 Å². The van der Waals surface area contributed by atoms with Gasteiger partial charge < -0.3 is 10.2 Å². The van der Waals surface area contributed by atoms with Gasteiger partial charge in [0.1, 0.15) is 5.56 Å². The topological polar surface area (TPSA) is 82.5 Å². The number of aromatic nitrogens is 3. The van der Waals surface area contributed by atoms with Crippen molar-refractivity contribution in [2.45, 2.75) is 33.2 Å². The second-order valence-electron chi connectivity index (χ2n) is 7.65. The number of nitrogens with zero attached hydrogens (tertiary/aromatic N) is 3. The number of rotatable bonds is 4. The molecule has 1 atom stereocenters. The molecule has 1 unspecified atom stereocenters. The monoisotopic (exact) mass is 379 g/mol. The van der Waals surface area contributed by atoms with Gasteiger partial charge in [0.15, 0.2) is 5.65 Å². The molecule has 1 aliphatic heterocycles. The van der Waals surface area contributed by atoms with E-state index in [1.54, 1.807) is 6.07 Å². The summed E-state index contributed by atoms with van der Waals surface area (Å²) in [6.45, 7) is 6.68. The summed E-state index contributed by atoms with van der Waals surface area (Å²) in [7, 11) is 0. The highest BCUT2D eigenvalue weighted by Crippen LogP contribution is 2.23. The SMILES string of the molecule is Cc1cc2ncc(C(=O)NCc3ccc(N4CCCC(C)C4)cc3)c(=O)n2[nH]1. The molecule has 2 aromatic heterocycles. The quantitative estimate of drug-likeness (QED) is 0.730. The third kappa shape index (κ3) is 3.65. The molecule has 3 heterocycles. The molecule has 7 heteroatoms. The lowest BCUT2D eigenvalue weighted by atomic mass is 9.99. The van der Waals surface area contributed by atoms with Crippen molar-refractivity contribution >= 4 is 17.2 Å². The van der Waals surface area contributed by atoms with Gasteiger partial charge in [0, 0.05) is 43.3 Å². The number of amides is 1. The van der Waals surface area contributed by atoms with Gasteiger partial charge in [0.2, 0.25) is 0 Å². The molecule has 1 aromatic carbocycles. The maximum Gasteiger partial charge on any atom is 0.285 e. The summed E-state index contributed by atoms with van der Waals surface area (Å²) in [5, 5.41) is 5.71. The first-order valence-corrected chi connectivity index (χ1v) is 9.71. The minimum atomic E-state index is -0.423. The number of benzene rings is 1. The molecule has 0 saturated carbocycles. The van der Waals surface area contributed by atoms with Crippen molar-refractivity contribution in [3.63, 3.8) is 0 Å². The van der Waals surface area contributed by atoms with E-state index in [4.69, 9.17) is 0 Å². The number of carbonyl (C=O) groups excluding carboxylic acids is 1. The number of aryl methyl sites for hydroxylation is 1. The Morgan fingerprint density at radius 1 is 1.32 bits per heavy atom. The van der Waals surface area contributed by atoms with Crippen molar-refractivity contribution in [1.29, 1.82) is 0 Å². The third-order valence-corrected chi connectivity index (χ3v) is 5.28. The Bertz CT molecular complexity index is 1050. The number of hydrogen-bond acceptors (Lipinski definition) is 4. The average Bonchev–Trinajstić information content (AvgIpc) is 3.08. The van der Waals surface area contributed by atoms with E-state index in [2.05, 4.69) is 39.4 Å². The summed E-state index contributed by atoms with van der Waals surface area (Å²) in [4.78, 5) is 31.5. The lowest BCUT2D eigenvalue weighted by Crippen LogP contribution is -2.34. The zero-order valence-corrected chi connectivity index (χ0v) is 16.2. The minimum absolute atomic E-state index is 0.0262. The van der Waals surface area contributed by atoms with E-state index in [1.807, 2.05) is 19.1 Å².